The lowest BCUT2D eigenvalue weighted by molar-refractivity contribution is -0.139. The van der Waals surface area contributed by atoms with E-state index >= 15 is 0 Å². The van der Waals surface area contributed by atoms with Crippen LogP contribution in [0.15, 0.2) is 0 Å². The fraction of sp³-hybridized carbons (Fsp3) is 0.955. The van der Waals surface area contributed by atoms with Gasteiger partial charge in [0.15, 0.2) is 0 Å². The van der Waals surface area contributed by atoms with Crippen molar-refractivity contribution in [3.05, 3.63) is 0 Å². The predicted molar refractivity (Wildman–Crippen MR) is 119 cm³/mol. The van der Waals surface area contributed by atoms with Crippen LogP contribution >= 0.6 is 0 Å². The molecule has 0 aromatic rings. The lowest BCUT2D eigenvalue weighted by atomic mass is 10.2. The standard InChI is InChI=1S/C22H42O5Si2/c1-18(17-28(24-2,25-3)26-4)22(23)27-29(19-11-5-6-12-19,20-13-7-8-14-20)21-15-9-10-16-21/h18-21H,5-17H2,1-4H3. The maximum Gasteiger partial charge on any atom is 0.501 e. The van der Waals surface area contributed by atoms with E-state index in [1.807, 2.05) is 6.92 Å². The second-order valence-electron chi connectivity index (χ2n) is 9.62. The first-order chi connectivity index (χ1) is 14.0. The largest absolute Gasteiger partial charge is 0.518 e. The Morgan fingerprint density at radius 1 is 0.759 bits per heavy atom. The van der Waals surface area contributed by atoms with Crippen LogP contribution in [0.1, 0.15) is 84.0 Å². The topological polar surface area (TPSA) is 54.0 Å². The second-order valence-corrected chi connectivity index (χ2v) is 17.0. The Morgan fingerprint density at radius 3 is 1.41 bits per heavy atom. The Labute approximate surface area is 179 Å². The normalized spacial score (nSPS) is 23.7. The molecule has 0 N–H and O–H groups in total. The molecule has 0 amide bonds. The minimum absolute atomic E-state index is 0.00890. The Balaban J connectivity index is 1.84. The summed E-state index contributed by atoms with van der Waals surface area (Å²) < 4.78 is 23.6. The molecule has 3 aliphatic rings. The molecule has 3 fully saturated rings. The van der Waals surface area contributed by atoms with Gasteiger partial charge in [0.25, 0.3) is 14.3 Å². The molecule has 7 heteroatoms. The summed E-state index contributed by atoms with van der Waals surface area (Å²) in [5, 5.41) is 0. The van der Waals surface area contributed by atoms with Gasteiger partial charge in [-0.2, -0.15) is 0 Å². The summed E-state index contributed by atoms with van der Waals surface area (Å²) in [6.45, 7) is 1.97. The van der Waals surface area contributed by atoms with Gasteiger partial charge in [-0.05, 0) is 55.1 Å². The minimum Gasteiger partial charge on any atom is -0.518 e. The summed E-state index contributed by atoms with van der Waals surface area (Å²) in [5.74, 6) is -0.261. The zero-order valence-corrected chi connectivity index (χ0v) is 21.0. The Bertz CT molecular complexity index is 472. The van der Waals surface area contributed by atoms with Crippen molar-refractivity contribution in [2.75, 3.05) is 21.3 Å². The van der Waals surface area contributed by atoms with Crippen molar-refractivity contribution in [3.63, 3.8) is 0 Å². The maximum absolute atomic E-state index is 13.5. The van der Waals surface area contributed by atoms with Gasteiger partial charge in [-0.25, -0.2) is 0 Å². The predicted octanol–water partition coefficient (Wildman–Crippen LogP) is 5.82. The van der Waals surface area contributed by atoms with Crippen LogP contribution in [0, 0.1) is 5.92 Å². The molecular formula is C22H42O5Si2. The molecule has 3 aliphatic carbocycles. The van der Waals surface area contributed by atoms with Gasteiger partial charge in [-0.1, -0.05) is 45.4 Å². The van der Waals surface area contributed by atoms with E-state index in [2.05, 4.69) is 0 Å². The molecule has 0 spiro atoms. The van der Waals surface area contributed by atoms with Crippen molar-refractivity contribution in [1.29, 1.82) is 0 Å². The molecule has 0 aromatic carbocycles. The highest BCUT2D eigenvalue weighted by Crippen LogP contribution is 2.59. The van der Waals surface area contributed by atoms with Crippen molar-refractivity contribution in [1.82, 2.24) is 0 Å². The molecule has 1 atom stereocenters. The molecule has 0 radical (unpaired) electrons. The highest BCUT2D eigenvalue weighted by molar-refractivity contribution is 6.79. The number of carbonyl (C=O) groups is 1. The third kappa shape index (κ3) is 4.84. The molecule has 0 aliphatic heterocycles. The molecule has 0 saturated heterocycles. The van der Waals surface area contributed by atoms with Crippen LogP contribution in [0.4, 0.5) is 0 Å². The SMILES string of the molecule is CO[Si](CC(C)C(=O)O[Si](C1CCCC1)(C1CCCC1)C1CCCC1)(OC)OC. The summed E-state index contributed by atoms with van der Waals surface area (Å²) in [7, 11) is -0.132. The van der Waals surface area contributed by atoms with Gasteiger partial charge in [0, 0.05) is 27.4 Å². The first kappa shape index (κ1) is 23.4. The van der Waals surface area contributed by atoms with Crippen molar-refractivity contribution in [3.8, 4) is 0 Å². The molecule has 5 nitrogen and oxygen atoms in total. The van der Waals surface area contributed by atoms with Gasteiger partial charge in [0.1, 0.15) is 0 Å². The van der Waals surface area contributed by atoms with Crippen LogP contribution in [0.2, 0.25) is 22.7 Å². The zero-order chi connectivity index (χ0) is 20.9. The number of carbonyl (C=O) groups excluding carboxylic acids is 1. The molecule has 0 heterocycles. The summed E-state index contributed by atoms with van der Waals surface area (Å²) in [5.41, 5.74) is 2.04. The van der Waals surface area contributed by atoms with Crippen LogP contribution < -0.4 is 0 Å². The summed E-state index contributed by atoms with van der Waals surface area (Å²) >= 11 is 0. The van der Waals surface area contributed by atoms with Gasteiger partial charge in [0.2, 0.25) is 0 Å². The number of rotatable bonds is 10. The van der Waals surface area contributed by atoms with E-state index in [1.54, 1.807) is 21.3 Å². The van der Waals surface area contributed by atoms with Gasteiger partial charge in [0.05, 0.1) is 5.92 Å². The molecule has 1 unspecified atom stereocenters. The van der Waals surface area contributed by atoms with E-state index in [-0.39, 0.29) is 11.9 Å². The van der Waals surface area contributed by atoms with Crippen LogP contribution in [0.5, 0.6) is 0 Å². The third-order valence-corrected chi connectivity index (χ3v) is 17.2. The van der Waals surface area contributed by atoms with Crippen molar-refractivity contribution in [2.24, 2.45) is 5.92 Å². The molecule has 3 saturated carbocycles. The first-order valence-electron chi connectivity index (χ1n) is 11.9. The van der Waals surface area contributed by atoms with E-state index < -0.39 is 17.1 Å². The lowest BCUT2D eigenvalue weighted by Crippen LogP contribution is -2.53. The van der Waals surface area contributed by atoms with Crippen molar-refractivity contribution >= 4 is 23.1 Å². The Hall–Kier alpha value is -0.216. The van der Waals surface area contributed by atoms with Crippen LogP contribution in [0.25, 0.3) is 0 Å². The van der Waals surface area contributed by atoms with Gasteiger partial charge in [-0.15, -0.1) is 0 Å². The van der Waals surface area contributed by atoms with E-state index in [9.17, 15) is 4.79 Å². The average Bonchev–Trinajstić information content (AvgIpc) is 3.53. The molecular weight excluding hydrogens is 400 g/mol. The van der Waals surface area contributed by atoms with E-state index in [4.69, 9.17) is 17.7 Å². The summed E-state index contributed by atoms with van der Waals surface area (Å²) in [6.07, 6.45) is 15.6. The zero-order valence-electron chi connectivity index (χ0n) is 19.0. The highest BCUT2D eigenvalue weighted by Gasteiger charge is 2.59. The maximum atomic E-state index is 13.5. The lowest BCUT2D eigenvalue weighted by Gasteiger charge is -2.45. The van der Waals surface area contributed by atoms with Gasteiger partial charge >= 0.3 is 8.80 Å². The Morgan fingerprint density at radius 2 is 1.10 bits per heavy atom. The molecule has 0 bridgehead atoms. The molecule has 0 aromatic heterocycles. The summed E-state index contributed by atoms with van der Waals surface area (Å²) in [4.78, 5) is 13.5. The molecule has 29 heavy (non-hydrogen) atoms. The van der Waals surface area contributed by atoms with Gasteiger partial charge in [-0.3, -0.25) is 4.79 Å². The van der Waals surface area contributed by atoms with Gasteiger partial charge < -0.3 is 17.7 Å². The van der Waals surface area contributed by atoms with Crippen LogP contribution in [-0.4, -0.2) is 44.4 Å². The van der Waals surface area contributed by atoms with Crippen LogP contribution in [0.3, 0.4) is 0 Å². The molecule has 168 valence electrons. The van der Waals surface area contributed by atoms with E-state index in [1.165, 1.54) is 77.0 Å². The highest BCUT2D eigenvalue weighted by atomic mass is 28.4. The fourth-order valence-corrected chi connectivity index (χ4v) is 15.5. The average molecular weight is 443 g/mol. The minimum atomic E-state index is -2.80. The monoisotopic (exact) mass is 442 g/mol. The smallest absolute Gasteiger partial charge is 0.501 e. The first-order valence-corrected chi connectivity index (χ1v) is 16.0. The third-order valence-electron chi connectivity index (χ3n) is 8.15. The number of hydrogen-bond donors (Lipinski definition) is 0. The second kappa shape index (κ2) is 10.4. The number of hydrogen-bond acceptors (Lipinski definition) is 5. The molecule has 3 rings (SSSR count). The van der Waals surface area contributed by atoms with E-state index in [0.717, 1.165) is 0 Å². The van der Waals surface area contributed by atoms with Crippen molar-refractivity contribution in [2.45, 2.75) is 107 Å². The van der Waals surface area contributed by atoms with Crippen molar-refractivity contribution < 1.29 is 22.5 Å². The quantitative estimate of drug-likeness (QED) is 0.399. The fourth-order valence-electron chi connectivity index (χ4n) is 6.61. The van der Waals surface area contributed by atoms with E-state index in [0.29, 0.717) is 22.7 Å². The van der Waals surface area contributed by atoms with Crippen LogP contribution in [-0.2, 0) is 22.5 Å². The Kier molecular flexibility index (Phi) is 8.41. The summed E-state index contributed by atoms with van der Waals surface area (Å²) in [6, 6.07) is 0.486.